The first-order valence-electron chi connectivity index (χ1n) is 7.83. The molecule has 1 aliphatic heterocycles. The number of para-hydroxylation sites is 1. The SMILES string of the molecule is CCNc1nc(Nc2cccc3c2OCO3)nc2[nH]cc(C(F)(F)F)c12. The van der Waals surface area contributed by atoms with Crippen molar-refractivity contribution in [3.05, 3.63) is 30.0 Å². The van der Waals surface area contributed by atoms with Gasteiger partial charge in [0.05, 0.1) is 16.6 Å². The molecule has 1 aliphatic rings. The van der Waals surface area contributed by atoms with Crippen LogP contribution < -0.4 is 20.1 Å². The molecule has 3 heterocycles. The molecule has 2 aromatic heterocycles. The number of anilines is 3. The van der Waals surface area contributed by atoms with Crippen LogP contribution in [0.4, 0.5) is 30.6 Å². The Morgan fingerprint density at radius 3 is 2.85 bits per heavy atom. The molecule has 0 amide bonds. The maximum absolute atomic E-state index is 13.2. The van der Waals surface area contributed by atoms with E-state index in [1.54, 1.807) is 25.1 Å². The Kier molecular flexibility index (Phi) is 3.74. The number of benzene rings is 1. The minimum absolute atomic E-state index is 0.0792. The fourth-order valence-electron chi connectivity index (χ4n) is 2.76. The van der Waals surface area contributed by atoms with Gasteiger partial charge in [0.2, 0.25) is 12.7 Å². The number of rotatable bonds is 4. The second-order valence-corrected chi connectivity index (χ2v) is 5.51. The second kappa shape index (κ2) is 5.97. The number of fused-ring (bicyclic) bond motifs is 2. The van der Waals surface area contributed by atoms with E-state index in [1.807, 2.05) is 0 Å². The van der Waals surface area contributed by atoms with Crippen LogP contribution in [0.1, 0.15) is 12.5 Å². The van der Waals surface area contributed by atoms with Crippen LogP contribution in [0.15, 0.2) is 24.4 Å². The van der Waals surface area contributed by atoms with Gasteiger partial charge in [-0.1, -0.05) is 6.07 Å². The van der Waals surface area contributed by atoms with Gasteiger partial charge in [0.1, 0.15) is 11.5 Å². The average Bonchev–Trinajstić information content (AvgIpc) is 3.21. The zero-order valence-corrected chi connectivity index (χ0v) is 13.6. The summed E-state index contributed by atoms with van der Waals surface area (Å²) >= 11 is 0. The topological polar surface area (TPSA) is 84.1 Å². The largest absolute Gasteiger partial charge is 0.454 e. The zero-order valence-electron chi connectivity index (χ0n) is 13.6. The monoisotopic (exact) mass is 365 g/mol. The molecule has 10 heteroatoms. The summed E-state index contributed by atoms with van der Waals surface area (Å²) in [6.07, 6.45) is -3.62. The highest BCUT2D eigenvalue weighted by molar-refractivity contribution is 5.92. The number of hydrogen-bond acceptors (Lipinski definition) is 6. The molecule has 0 radical (unpaired) electrons. The number of halogens is 3. The quantitative estimate of drug-likeness (QED) is 0.651. The Bertz CT molecular complexity index is 970. The molecule has 0 unspecified atom stereocenters. The first-order valence-corrected chi connectivity index (χ1v) is 7.83. The third-order valence-electron chi connectivity index (χ3n) is 3.82. The van der Waals surface area contributed by atoms with Crippen LogP contribution in [-0.4, -0.2) is 28.3 Å². The van der Waals surface area contributed by atoms with Gasteiger partial charge in [-0.3, -0.25) is 0 Å². The zero-order chi connectivity index (χ0) is 18.3. The number of H-pyrrole nitrogens is 1. The lowest BCUT2D eigenvalue weighted by Gasteiger charge is -2.12. The number of hydrogen-bond donors (Lipinski definition) is 3. The lowest BCUT2D eigenvalue weighted by atomic mass is 10.2. The summed E-state index contributed by atoms with van der Waals surface area (Å²) in [6, 6.07) is 5.25. The molecule has 0 fully saturated rings. The van der Waals surface area contributed by atoms with E-state index < -0.39 is 11.7 Å². The lowest BCUT2D eigenvalue weighted by molar-refractivity contribution is -0.136. The number of nitrogens with one attached hydrogen (secondary N) is 3. The summed E-state index contributed by atoms with van der Waals surface area (Å²) in [7, 11) is 0. The molecule has 0 saturated carbocycles. The van der Waals surface area contributed by atoms with Gasteiger partial charge in [-0.05, 0) is 19.1 Å². The van der Waals surface area contributed by atoms with E-state index >= 15 is 0 Å². The fourth-order valence-corrected chi connectivity index (χ4v) is 2.76. The smallest absolute Gasteiger partial charge is 0.418 e. The summed E-state index contributed by atoms with van der Waals surface area (Å²) in [4.78, 5) is 10.9. The van der Waals surface area contributed by atoms with E-state index in [9.17, 15) is 13.2 Å². The van der Waals surface area contributed by atoms with E-state index in [0.717, 1.165) is 6.20 Å². The van der Waals surface area contributed by atoms with Gasteiger partial charge in [0, 0.05) is 12.7 Å². The highest BCUT2D eigenvalue weighted by Gasteiger charge is 2.35. The van der Waals surface area contributed by atoms with E-state index in [2.05, 4.69) is 25.6 Å². The Hall–Kier alpha value is -3.17. The average molecular weight is 365 g/mol. The lowest BCUT2D eigenvalue weighted by Crippen LogP contribution is -2.08. The molecule has 136 valence electrons. The molecule has 3 N–H and O–H groups in total. The number of aromatic nitrogens is 3. The van der Waals surface area contributed by atoms with Crippen LogP contribution >= 0.6 is 0 Å². The molecular formula is C16H14F3N5O2. The molecule has 7 nitrogen and oxygen atoms in total. The molecule has 0 atom stereocenters. The summed E-state index contributed by atoms with van der Waals surface area (Å²) in [6.45, 7) is 2.28. The van der Waals surface area contributed by atoms with Crippen molar-refractivity contribution in [2.75, 3.05) is 24.0 Å². The number of nitrogens with zero attached hydrogens (tertiary/aromatic N) is 2. The van der Waals surface area contributed by atoms with E-state index in [1.165, 1.54) is 0 Å². The van der Waals surface area contributed by atoms with Crippen LogP contribution in [-0.2, 0) is 6.18 Å². The summed E-state index contributed by atoms with van der Waals surface area (Å²) in [5.74, 6) is 1.30. The van der Waals surface area contributed by atoms with Crippen molar-refractivity contribution >= 4 is 28.5 Å². The summed E-state index contributed by atoms with van der Waals surface area (Å²) in [5.41, 5.74) is -0.174. The maximum Gasteiger partial charge on any atom is 0.418 e. The van der Waals surface area contributed by atoms with Crippen LogP contribution in [0.3, 0.4) is 0 Å². The van der Waals surface area contributed by atoms with Gasteiger partial charge in [-0.15, -0.1) is 0 Å². The van der Waals surface area contributed by atoms with Crippen LogP contribution in [0.5, 0.6) is 11.5 Å². The van der Waals surface area contributed by atoms with Crippen molar-refractivity contribution in [2.45, 2.75) is 13.1 Å². The summed E-state index contributed by atoms with van der Waals surface area (Å²) < 4.78 is 50.4. The highest BCUT2D eigenvalue weighted by Crippen LogP contribution is 2.41. The number of ether oxygens (including phenoxy) is 2. The van der Waals surface area contributed by atoms with Crippen molar-refractivity contribution in [1.29, 1.82) is 0 Å². The fraction of sp³-hybridized carbons (Fsp3) is 0.250. The van der Waals surface area contributed by atoms with Crippen molar-refractivity contribution in [3.8, 4) is 11.5 Å². The number of aromatic amines is 1. The number of alkyl halides is 3. The van der Waals surface area contributed by atoms with Gasteiger partial charge in [0.25, 0.3) is 0 Å². The van der Waals surface area contributed by atoms with Crippen molar-refractivity contribution < 1.29 is 22.6 Å². The van der Waals surface area contributed by atoms with Crippen LogP contribution in [0.25, 0.3) is 11.0 Å². The van der Waals surface area contributed by atoms with E-state index in [0.29, 0.717) is 23.7 Å². The highest BCUT2D eigenvalue weighted by atomic mass is 19.4. The van der Waals surface area contributed by atoms with Crippen LogP contribution in [0, 0.1) is 0 Å². The molecule has 1 aromatic carbocycles. The van der Waals surface area contributed by atoms with Gasteiger partial charge >= 0.3 is 6.18 Å². The van der Waals surface area contributed by atoms with Gasteiger partial charge in [-0.2, -0.15) is 23.1 Å². The first-order chi connectivity index (χ1) is 12.5. The Morgan fingerprint density at radius 1 is 1.23 bits per heavy atom. The molecule has 0 spiro atoms. The van der Waals surface area contributed by atoms with Crippen molar-refractivity contribution in [2.24, 2.45) is 0 Å². The Morgan fingerprint density at radius 2 is 2.08 bits per heavy atom. The predicted octanol–water partition coefficient (Wildman–Crippen LogP) is 3.88. The Labute approximate surface area is 145 Å². The summed E-state index contributed by atoms with van der Waals surface area (Å²) in [5, 5.41) is 5.74. The second-order valence-electron chi connectivity index (χ2n) is 5.51. The standard InChI is InChI=1S/C16H14F3N5O2/c1-2-20-13-11-8(16(17,18)19)6-21-14(11)24-15(23-13)22-9-4-3-5-10-12(9)26-7-25-10/h3-6H,2,7H2,1H3,(H3,20,21,22,23,24). The molecule has 3 aromatic rings. The van der Waals surface area contributed by atoms with E-state index in [4.69, 9.17) is 9.47 Å². The third kappa shape index (κ3) is 2.72. The molecule has 0 aliphatic carbocycles. The molecule has 4 rings (SSSR count). The Balaban J connectivity index is 1.79. The predicted molar refractivity (Wildman–Crippen MR) is 88.9 cm³/mol. The minimum Gasteiger partial charge on any atom is -0.454 e. The molecular weight excluding hydrogens is 351 g/mol. The van der Waals surface area contributed by atoms with Crippen molar-refractivity contribution in [1.82, 2.24) is 15.0 Å². The first kappa shape index (κ1) is 16.3. The van der Waals surface area contributed by atoms with Gasteiger partial charge < -0.3 is 25.1 Å². The molecule has 26 heavy (non-hydrogen) atoms. The van der Waals surface area contributed by atoms with E-state index in [-0.39, 0.29) is 29.6 Å². The molecule has 0 saturated heterocycles. The minimum atomic E-state index is -4.51. The maximum atomic E-state index is 13.2. The van der Waals surface area contributed by atoms with Crippen molar-refractivity contribution in [3.63, 3.8) is 0 Å². The molecule has 0 bridgehead atoms. The van der Waals surface area contributed by atoms with Gasteiger partial charge in [0.15, 0.2) is 11.5 Å². The van der Waals surface area contributed by atoms with Gasteiger partial charge in [-0.25, -0.2) is 0 Å². The van der Waals surface area contributed by atoms with Crippen LogP contribution in [0.2, 0.25) is 0 Å². The third-order valence-corrected chi connectivity index (χ3v) is 3.82. The normalized spacial score (nSPS) is 13.2.